The first kappa shape index (κ1) is 19.5. The fraction of sp³-hybridized carbons (Fsp3) is 0.120. The van der Waals surface area contributed by atoms with Crippen LogP contribution < -0.4 is 10.6 Å². The standard InChI is InChI=1S/C25H22N2O3/c28-24(19-10-5-2-6-11-19)27-20(16-18-8-3-1-4-9-18)17-26-25(29)22-12-7-13-23-21(22)14-15-30-23/h1-15,20H,16-17H2,(H,26,29)(H,27,28). The number of nitrogens with one attached hydrogen (secondary N) is 2. The lowest BCUT2D eigenvalue weighted by Gasteiger charge is -2.20. The van der Waals surface area contributed by atoms with Crippen LogP contribution in [0.5, 0.6) is 0 Å². The summed E-state index contributed by atoms with van der Waals surface area (Å²) >= 11 is 0. The summed E-state index contributed by atoms with van der Waals surface area (Å²) in [7, 11) is 0. The number of furan rings is 1. The van der Waals surface area contributed by atoms with Gasteiger partial charge in [0.15, 0.2) is 0 Å². The molecule has 1 atom stereocenters. The van der Waals surface area contributed by atoms with E-state index >= 15 is 0 Å². The lowest BCUT2D eigenvalue weighted by atomic mass is 10.0. The quantitative estimate of drug-likeness (QED) is 0.490. The maximum absolute atomic E-state index is 12.8. The van der Waals surface area contributed by atoms with E-state index in [0.29, 0.717) is 29.7 Å². The summed E-state index contributed by atoms with van der Waals surface area (Å²) < 4.78 is 5.38. The van der Waals surface area contributed by atoms with Crippen molar-refractivity contribution in [3.63, 3.8) is 0 Å². The van der Waals surface area contributed by atoms with Crippen molar-refractivity contribution in [1.29, 1.82) is 0 Å². The molecule has 150 valence electrons. The molecule has 0 aliphatic heterocycles. The molecule has 5 heteroatoms. The van der Waals surface area contributed by atoms with Gasteiger partial charge in [-0.05, 0) is 42.3 Å². The van der Waals surface area contributed by atoms with Crippen LogP contribution >= 0.6 is 0 Å². The Morgan fingerprint density at radius 2 is 1.53 bits per heavy atom. The monoisotopic (exact) mass is 398 g/mol. The summed E-state index contributed by atoms with van der Waals surface area (Å²) in [5.74, 6) is -0.364. The predicted octanol–water partition coefficient (Wildman–Crippen LogP) is 4.20. The minimum absolute atomic E-state index is 0.164. The van der Waals surface area contributed by atoms with E-state index in [1.807, 2.05) is 54.6 Å². The maximum atomic E-state index is 12.8. The Hall–Kier alpha value is -3.86. The van der Waals surface area contributed by atoms with Crippen LogP contribution in [0.25, 0.3) is 11.0 Å². The zero-order valence-electron chi connectivity index (χ0n) is 16.4. The number of rotatable bonds is 7. The van der Waals surface area contributed by atoms with Gasteiger partial charge in [0.2, 0.25) is 0 Å². The molecule has 1 aromatic heterocycles. The van der Waals surface area contributed by atoms with Crippen LogP contribution in [0.1, 0.15) is 26.3 Å². The van der Waals surface area contributed by atoms with E-state index < -0.39 is 0 Å². The van der Waals surface area contributed by atoms with Gasteiger partial charge < -0.3 is 15.1 Å². The molecule has 0 saturated heterocycles. The molecule has 0 radical (unpaired) electrons. The molecule has 4 rings (SSSR count). The fourth-order valence-electron chi connectivity index (χ4n) is 3.43. The third-order valence-electron chi connectivity index (χ3n) is 4.95. The Labute approximate surface area is 174 Å². The molecule has 30 heavy (non-hydrogen) atoms. The molecule has 2 amide bonds. The highest BCUT2D eigenvalue weighted by atomic mass is 16.3. The number of carbonyl (C=O) groups is 2. The van der Waals surface area contributed by atoms with Crippen LogP contribution in [-0.2, 0) is 6.42 Å². The van der Waals surface area contributed by atoms with Gasteiger partial charge in [-0.2, -0.15) is 0 Å². The van der Waals surface area contributed by atoms with Crippen LogP contribution in [-0.4, -0.2) is 24.4 Å². The highest BCUT2D eigenvalue weighted by molar-refractivity contribution is 6.05. The van der Waals surface area contributed by atoms with E-state index in [2.05, 4.69) is 10.6 Å². The Balaban J connectivity index is 1.48. The van der Waals surface area contributed by atoms with Crippen molar-refractivity contribution in [2.45, 2.75) is 12.5 Å². The van der Waals surface area contributed by atoms with Gasteiger partial charge in [-0.15, -0.1) is 0 Å². The summed E-state index contributed by atoms with van der Waals surface area (Å²) in [5.41, 5.74) is 2.89. The van der Waals surface area contributed by atoms with Crippen molar-refractivity contribution in [1.82, 2.24) is 10.6 Å². The van der Waals surface area contributed by atoms with Crippen molar-refractivity contribution in [3.8, 4) is 0 Å². The molecular weight excluding hydrogens is 376 g/mol. The zero-order chi connectivity index (χ0) is 20.8. The van der Waals surface area contributed by atoms with Crippen LogP contribution in [0, 0.1) is 0 Å². The smallest absolute Gasteiger partial charge is 0.252 e. The molecule has 3 aromatic carbocycles. The lowest BCUT2D eigenvalue weighted by molar-refractivity contribution is 0.0909. The molecule has 0 saturated carbocycles. The van der Waals surface area contributed by atoms with Gasteiger partial charge in [-0.25, -0.2) is 0 Å². The van der Waals surface area contributed by atoms with Gasteiger partial charge in [0.1, 0.15) is 5.58 Å². The molecule has 1 unspecified atom stereocenters. The summed E-state index contributed by atoms with van der Waals surface area (Å²) in [5, 5.41) is 6.78. The van der Waals surface area contributed by atoms with Gasteiger partial charge in [0, 0.05) is 17.5 Å². The minimum Gasteiger partial charge on any atom is -0.464 e. The van der Waals surface area contributed by atoms with Crippen LogP contribution in [0.3, 0.4) is 0 Å². The molecule has 0 spiro atoms. The number of benzene rings is 3. The Morgan fingerprint density at radius 3 is 2.30 bits per heavy atom. The van der Waals surface area contributed by atoms with Gasteiger partial charge in [-0.1, -0.05) is 54.6 Å². The van der Waals surface area contributed by atoms with Crippen molar-refractivity contribution in [2.75, 3.05) is 6.54 Å². The number of hydrogen-bond donors (Lipinski definition) is 2. The van der Waals surface area contributed by atoms with Crippen molar-refractivity contribution in [2.24, 2.45) is 0 Å². The van der Waals surface area contributed by atoms with Gasteiger partial charge >= 0.3 is 0 Å². The fourth-order valence-corrected chi connectivity index (χ4v) is 3.43. The third kappa shape index (κ3) is 4.58. The highest BCUT2D eigenvalue weighted by Crippen LogP contribution is 2.19. The Morgan fingerprint density at radius 1 is 0.800 bits per heavy atom. The summed E-state index contributed by atoms with van der Waals surface area (Å²) in [6.45, 7) is 0.306. The number of carbonyl (C=O) groups excluding carboxylic acids is 2. The average molecular weight is 398 g/mol. The second-order valence-electron chi connectivity index (χ2n) is 7.07. The van der Waals surface area contributed by atoms with Gasteiger partial charge in [0.25, 0.3) is 11.8 Å². The largest absolute Gasteiger partial charge is 0.464 e. The molecule has 5 nitrogen and oxygen atoms in total. The normalized spacial score (nSPS) is 11.7. The zero-order valence-corrected chi connectivity index (χ0v) is 16.4. The summed E-state index contributed by atoms with van der Waals surface area (Å²) in [4.78, 5) is 25.5. The first-order valence-corrected chi connectivity index (χ1v) is 9.85. The predicted molar refractivity (Wildman–Crippen MR) is 116 cm³/mol. The van der Waals surface area contributed by atoms with Crippen LogP contribution in [0.15, 0.2) is 95.6 Å². The number of hydrogen-bond acceptors (Lipinski definition) is 3. The highest BCUT2D eigenvalue weighted by Gasteiger charge is 2.17. The maximum Gasteiger partial charge on any atom is 0.252 e. The van der Waals surface area contributed by atoms with Gasteiger partial charge in [0.05, 0.1) is 17.9 Å². The van der Waals surface area contributed by atoms with Gasteiger partial charge in [-0.3, -0.25) is 9.59 Å². The van der Waals surface area contributed by atoms with E-state index in [1.165, 1.54) is 0 Å². The number of amides is 2. The van der Waals surface area contributed by atoms with Crippen molar-refractivity contribution < 1.29 is 14.0 Å². The molecule has 0 bridgehead atoms. The molecular formula is C25H22N2O3. The molecule has 0 aliphatic carbocycles. The first-order chi connectivity index (χ1) is 14.7. The van der Waals surface area contributed by atoms with Crippen molar-refractivity contribution in [3.05, 3.63) is 108 Å². The number of fused-ring (bicyclic) bond motifs is 1. The lowest BCUT2D eigenvalue weighted by Crippen LogP contribution is -2.45. The second kappa shape index (κ2) is 9.09. The third-order valence-corrected chi connectivity index (χ3v) is 4.95. The Bertz CT molecular complexity index is 1140. The Kier molecular flexibility index (Phi) is 5.90. The minimum atomic E-state index is -0.257. The SMILES string of the molecule is O=C(NC(CNC(=O)c1cccc2occc12)Cc1ccccc1)c1ccccc1. The van der Waals surface area contributed by atoms with Crippen LogP contribution in [0.2, 0.25) is 0 Å². The second-order valence-corrected chi connectivity index (χ2v) is 7.07. The van der Waals surface area contributed by atoms with Crippen LogP contribution in [0.4, 0.5) is 0 Å². The molecule has 1 heterocycles. The van der Waals surface area contributed by atoms with E-state index in [1.54, 1.807) is 36.6 Å². The molecule has 0 fully saturated rings. The molecule has 2 N–H and O–H groups in total. The van der Waals surface area contributed by atoms with E-state index in [-0.39, 0.29) is 17.9 Å². The van der Waals surface area contributed by atoms with Crippen molar-refractivity contribution >= 4 is 22.8 Å². The topological polar surface area (TPSA) is 71.3 Å². The van der Waals surface area contributed by atoms with E-state index in [9.17, 15) is 9.59 Å². The molecule has 4 aromatic rings. The van der Waals surface area contributed by atoms with E-state index in [0.717, 1.165) is 10.9 Å². The van der Waals surface area contributed by atoms with E-state index in [4.69, 9.17) is 4.42 Å². The first-order valence-electron chi connectivity index (χ1n) is 9.85. The summed E-state index contributed by atoms with van der Waals surface area (Å²) in [6, 6.07) is 25.9. The molecule has 0 aliphatic rings. The average Bonchev–Trinajstić information content (AvgIpc) is 3.27. The summed E-state index contributed by atoms with van der Waals surface area (Å²) in [6.07, 6.45) is 2.18.